The molecular weight excluding hydrogens is 344 g/mol. The number of hydrogen-bond donors (Lipinski definition) is 3. The number of rotatable bonds is 8. The fraction of sp³-hybridized carbons (Fsp3) is 0.562. The zero-order valence-electron chi connectivity index (χ0n) is 14.5. The Kier molecular flexibility index (Phi) is 5.91. The second-order valence-corrected chi connectivity index (χ2v) is 7.40. The molecule has 2 rings (SSSR count). The highest BCUT2D eigenvalue weighted by molar-refractivity contribution is 8.00. The van der Waals surface area contributed by atoms with Crippen LogP contribution in [-0.4, -0.2) is 75.6 Å². The lowest BCUT2D eigenvalue weighted by Gasteiger charge is -2.47. The minimum Gasteiger partial charge on any atom is -0.477 e. The second kappa shape index (κ2) is 7.59. The van der Waals surface area contributed by atoms with Gasteiger partial charge in [-0.2, -0.15) is 0 Å². The number of β-lactam (4-membered cyclic amide) rings is 1. The molecule has 0 bridgehead atoms. The fourth-order valence-electron chi connectivity index (χ4n) is 3.19. The summed E-state index contributed by atoms with van der Waals surface area (Å²) in [5.74, 6) is -1.37. The van der Waals surface area contributed by atoms with E-state index in [0.29, 0.717) is 22.4 Å². The third-order valence-corrected chi connectivity index (χ3v) is 6.21. The Bertz CT molecular complexity index is 642. The van der Waals surface area contributed by atoms with Gasteiger partial charge in [0.2, 0.25) is 5.91 Å². The lowest BCUT2D eigenvalue weighted by atomic mass is 10.0. The normalized spacial score (nSPS) is 23.6. The summed E-state index contributed by atoms with van der Waals surface area (Å²) in [4.78, 5) is 36.1. The number of amides is 2. The molecular formula is C16H25N4O4S+. The lowest BCUT2D eigenvalue weighted by Crippen LogP contribution is -2.68. The Morgan fingerprint density at radius 3 is 2.56 bits per heavy atom. The van der Waals surface area contributed by atoms with Crippen molar-refractivity contribution in [3.63, 3.8) is 0 Å². The van der Waals surface area contributed by atoms with Crippen molar-refractivity contribution in [2.45, 2.75) is 25.3 Å². The smallest absolute Gasteiger partial charge is 0.352 e. The van der Waals surface area contributed by atoms with Crippen LogP contribution in [-0.2, 0) is 14.4 Å². The monoisotopic (exact) mass is 369 g/mol. The van der Waals surface area contributed by atoms with Crippen LogP contribution in [0.25, 0.3) is 0 Å². The number of primary amides is 1. The molecule has 0 spiro atoms. The van der Waals surface area contributed by atoms with Crippen LogP contribution in [0.15, 0.2) is 23.4 Å². The van der Waals surface area contributed by atoms with Crippen molar-refractivity contribution in [2.75, 3.05) is 31.9 Å². The number of quaternary nitrogens is 1. The largest absolute Gasteiger partial charge is 0.477 e. The van der Waals surface area contributed by atoms with Gasteiger partial charge in [-0.05, 0) is 25.5 Å². The first-order valence-corrected chi connectivity index (χ1v) is 9.28. The number of nitrogens with two attached hydrogens (primary N) is 2. The number of carboxylic acids is 1. The summed E-state index contributed by atoms with van der Waals surface area (Å²) in [7, 11) is 0. The molecule has 2 aliphatic rings. The maximum atomic E-state index is 11.9. The molecule has 8 nitrogen and oxygen atoms in total. The molecule has 9 heteroatoms. The highest BCUT2D eigenvalue weighted by Gasteiger charge is 2.51. The van der Waals surface area contributed by atoms with E-state index >= 15 is 0 Å². The Morgan fingerprint density at radius 2 is 2.04 bits per heavy atom. The molecule has 2 atom stereocenters. The number of hydrogen-bond acceptors (Lipinski definition) is 5. The summed E-state index contributed by atoms with van der Waals surface area (Å²) in [6, 6.07) is -0.634. The number of thioether (sulfide) groups is 1. The van der Waals surface area contributed by atoms with E-state index in [4.69, 9.17) is 11.5 Å². The Labute approximate surface area is 151 Å². The molecule has 25 heavy (non-hydrogen) atoms. The molecule has 1 saturated heterocycles. The number of fused-ring (bicyclic) bond motifs is 1. The zero-order chi connectivity index (χ0) is 18.8. The molecule has 0 radical (unpaired) electrons. The minimum absolute atomic E-state index is 0.00713. The molecule has 2 heterocycles. The van der Waals surface area contributed by atoms with Gasteiger partial charge in [0.1, 0.15) is 17.1 Å². The number of nitrogens with zero attached hydrogens (tertiary/aromatic N) is 2. The van der Waals surface area contributed by atoms with E-state index in [1.165, 1.54) is 16.7 Å². The van der Waals surface area contributed by atoms with Crippen LogP contribution in [0.1, 0.15) is 13.8 Å². The van der Waals surface area contributed by atoms with E-state index in [1.54, 1.807) is 6.08 Å². The molecule has 0 aromatic carbocycles. The molecule has 0 aromatic rings. The Morgan fingerprint density at radius 1 is 1.40 bits per heavy atom. The first-order valence-electron chi connectivity index (χ1n) is 8.23. The van der Waals surface area contributed by atoms with Crippen LogP contribution in [0.4, 0.5) is 0 Å². The number of carboxylic acid groups (broad SMARTS) is 1. The van der Waals surface area contributed by atoms with Gasteiger partial charge in [0.05, 0.1) is 19.6 Å². The molecule has 0 unspecified atom stereocenters. The quantitative estimate of drug-likeness (QED) is 0.390. The molecule has 0 saturated carbocycles. The van der Waals surface area contributed by atoms with Crippen molar-refractivity contribution in [1.82, 2.24) is 4.90 Å². The minimum atomic E-state index is -1.13. The van der Waals surface area contributed by atoms with Crippen LogP contribution in [0.3, 0.4) is 0 Å². The molecule has 1 fully saturated rings. The van der Waals surface area contributed by atoms with Crippen molar-refractivity contribution in [1.29, 1.82) is 0 Å². The van der Waals surface area contributed by atoms with Crippen LogP contribution in [0, 0.1) is 0 Å². The maximum Gasteiger partial charge on any atom is 0.352 e. The van der Waals surface area contributed by atoms with Crippen molar-refractivity contribution in [2.24, 2.45) is 11.5 Å². The van der Waals surface area contributed by atoms with Gasteiger partial charge < -0.3 is 21.1 Å². The van der Waals surface area contributed by atoms with Crippen molar-refractivity contribution < 1.29 is 24.0 Å². The van der Waals surface area contributed by atoms with Crippen LogP contribution >= 0.6 is 11.8 Å². The first kappa shape index (κ1) is 19.5. The predicted octanol–water partition coefficient (Wildman–Crippen LogP) is -0.534. The van der Waals surface area contributed by atoms with Crippen molar-refractivity contribution in [3.05, 3.63) is 23.4 Å². The van der Waals surface area contributed by atoms with Crippen LogP contribution in [0.5, 0.6) is 0 Å². The first-order chi connectivity index (χ1) is 11.8. The molecule has 2 aliphatic heterocycles. The second-order valence-electron chi connectivity index (χ2n) is 6.30. The summed E-state index contributed by atoms with van der Waals surface area (Å²) < 4.78 is 0.505. The van der Waals surface area contributed by atoms with Crippen molar-refractivity contribution in [3.8, 4) is 0 Å². The van der Waals surface area contributed by atoms with Gasteiger partial charge in [-0.3, -0.25) is 14.5 Å². The molecule has 0 aromatic heterocycles. The number of aliphatic carboxylic acids is 1. The number of carbonyl (C=O) groups excluding carboxylic acids is 2. The number of allylic oxidation sites excluding steroid dienone is 1. The van der Waals surface area contributed by atoms with Crippen molar-refractivity contribution >= 4 is 29.5 Å². The standard InChI is InChI=1S/C16H24N4O4S/c1-3-20(4-2,8-11(17)21)7-5-6-10-9-25-15-12(18)14(22)19(15)13(10)16(23)24/h5-6,12,15H,3-4,7-9,18H2,1-2H3,(H2-,17,21,23,24)/p+1/t12-,15+/m1/s1. The van der Waals surface area contributed by atoms with E-state index in [-0.39, 0.29) is 29.4 Å². The topological polar surface area (TPSA) is 127 Å². The van der Waals surface area contributed by atoms with Gasteiger partial charge in [0, 0.05) is 5.75 Å². The zero-order valence-corrected chi connectivity index (χ0v) is 15.3. The summed E-state index contributed by atoms with van der Waals surface area (Å²) >= 11 is 1.46. The average Bonchev–Trinajstić information content (AvgIpc) is 2.58. The third-order valence-electron chi connectivity index (χ3n) is 4.89. The third kappa shape index (κ3) is 3.73. The summed E-state index contributed by atoms with van der Waals surface area (Å²) in [6.45, 7) is 6.26. The highest BCUT2D eigenvalue weighted by Crippen LogP contribution is 2.39. The molecule has 2 amide bonds. The van der Waals surface area contributed by atoms with E-state index in [9.17, 15) is 19.5 Å². The van der Waals surface area contributed by atoms with E-state index in [0.717, 1.165) is 13.1 Å². The van der Waals surface area contributed by atoms with Crippen LogP contribution < -0.4 is 11.5 Å². The van der Waals surface area contributed by atoms with Crippen LogP contribution in [0.2, 0.25) is 0 Å². The Balaban J connectivity index is 2.21. The molecule has 0 aliphatic carbocycles. The van der Waals surface area contributed by atoms with Gasteiger partial charge in [-0.1, -0.05) is 6.08 Å². The Hall–Kier alpha value is -1.84. The summed E-state index contributed by atoms with van der Waals surface area (Å²) in [5.41, 5.74) is 11.7. The molecule has 5 N–H and O–H groups in total. The van der Waals surface area contributed by atoms with E-state index in [2.05, 4.69) is 0 Å². The predicted molar refractivity (Wildman–Crippen MR) is 95.1 cm³/mol. The number of likely N-dealkylation sites (N-methyl/N-ethyl adjacent to an activating group) is 1. The summed E-state index contributed by atoms with van der Waals surface area (Å²) in [5, 5.41) is 9.21. The van der Waals surface area contributed by atoms with Gasteiger partial charge >= 0.3 is 5.97 Å². The van der Waals surface area contributed by atoms with Gasteiger partial charge in [-0.15, -0.1) is 11.8 Å². The van der Waals surface area contributed by atoms with Gasteiger partial charge in [-0.25, -0.2) is 4.79 Å². The van der Waals surface area contributed by atoms with E-state index in [1.807, 2.05) is 19.9 Å². The maximum absolute atomic E-state index is 11.9. The average molecular weight is 369 g/mol. The molecule has 138 valence electrons. The fourth-order valence-corrected chi connectivity index (χ4v) is 4.45. The number of carbonyl (C=O) groups is 3. The van der Waals surface area contributed by atoms with Gasteiger partial charge in [0.15, 0.2) is 6.54 Å². The van der Waals surface area contributed by atoms with E-state index < -0.39 is 12.0 Å². The SMILES string of the molecule is CC[N+](CC)(CC=CC1=C(C(=O)O)N2C(=O)[C@@H](N)[C@@H]2SC1)CC(N)=O. The highest BCUT2D eigenvalue weighted by atomic mass is 32.2. The summed E-state index contributed by atoms with van der Waals surface area (Å²) in [6.07, 6.45) is 3.60. The van der Waals surface area contributed by atoms with Gasteiger partial charge in [0.25, 0.3) is 5.91 Å². The lowest BCUT2D eigenvalue weighted by molar-refractivity contribution is -0.911.